The molecule has 4 rings (SSSR count). The molecule has 1 heterocycles. The van der Waals surface area contributed by atoms with E-state index in [9.17, 15) is 22.4 Å². The van der Waals surface area contributed by atoms with Crippen LogP contribution in [0, 0.1) is 23.3 Å². The van der Waals surface area contributed by atoms with Gasteiger partial charge in [-0.2, -0.15) is 0 Å². The van der Waals surface area contributed by atoms with Crippen molar-refractivity contribution in [3.8, 4) is 23.0 Å². The number of hydrogen-bond acceptors (Lipinski definition) is 6. The van der Waals surface area contributed by atoms with E-state index < -0.39 is 41.0 Å². The van der Waals surface area contributed by atoms with Crippen molar-refractivity contribution in [2.45, 2.75) is 19.3 Å². The standard InChI is InChI=1S/C28H21F4NO4S/c1-35-26-13-19-23(14-27(26)36-2)33-8-7-24(19)37-25-6-3-15(10-22(25)31)9-17(38)11-16(34)12-18-20(29)4-5-21(30)28(18)32/h3-8,10,13-14H,9,11-12H2,1-2H3. The predicted octanol–water partition coefficient (Wildman–Crippen LogP) is 6.72. The Morgan fingerprint density at radius 3 is 2.24 bits per heavy atom. The monoisotopic (exact) mass is 543 g/mol. The quantitative estimate of drug-likeness (QED) is 0.126. The zero-order valence-corrected chi connectivity index (χ0v) is 21.1. The lowest BCUT2D eigenvalue weighted by atomic mass is 10.0. The Labute approximate surface area is 221 Å². The number of ether oxygens (including phenoxy) is 3. The second kappa shape index (κ2) is 11.6. The third kappa shape index (κ3) is 5.91. The molecule has 0 N–H and O–H groups in total. The fraction of sp³-hybridized carbons (Fsp3) is 0.179. The molecule has 38 heavy (non-hydrogen) atoms. The van der Waals surface area contributed by atoms with E-state index in [-0.39, 0.29) is 23.5 Å². The lowest BCUT2D eigenvalue weighted by Gasteiger charge is -2.13. The minimum atomic E-state index is -1.40. The Balaban J connectivity index is 1.45. The molecule has 5 nitrogen and oxygen atoms in total. The fourth-order valence-corrected chi connectivity index (χ4v) is 4.22. The first-order chi connectivity index (χ1) is 18.2. The number of rotatable bonds is 10. The summed E-state index contributed by atoms with van der Waals surface area (Å²) in [5.41, 5.74) is 0.386. The molecule has 0 aliphatic carbocycles. The molecule has 0 unspecified atom stereocenters. The van der Waals surface area contributed by atoms with E-state index >= 15 is 0 Å². The molecule has 196 valence electrons. The maximum absolute atomic E-state index is 14.9. The number of thiocarbonyl (C=S) groups is 1. The summed E-state index contributed by atoms with van der Waals surface area (Å²) in [4.78, 5) is 16.8. The largest absolute Gasteiger partial charge is 0.493 e. The van der Waals surface area contributed by atoms with Gasteiger partial charge in [0.2, 0.25) is 0 Å². The Morgan fingerprint density at radius 2 is 1.53 bits per heavy atom. The maximum atomic E-state index is 14.9. The summed E-state index contributed by atoms with van der Waals surface area (Å²) in [6.07, 6.45) is 0.667. The van der Waals surface area contributed by atoms with Crippen LogP contribution in [0.4, 0.5) is 17.6 Å². The number of halogens is 4. The van der Waals surface area contributed by atoms with Crippen LogP contribution in [-0.2, 0) is 17.6 Å². The minimum Gasteiger partial charge on any atom is -0.493 e. The summed E-state index contributed by atoms with van der Waals surface area (Å²) in [6, 6.07) is 10.6. The Morgan fingerprint density at radius 1 is 0.816 bits per heavy atom. The van der Waals surface area contributed by atoms with Gasteiger partial charge in [-0.1, -0.05) is 18.3 Å². The molecule has 0 radical (unpaired) electrons. The van der Waals surface area contributed by atoms with Gasteiger partial charge in [0.05, 0.1) is 19.7 Å². The van der Waals surface area contributed by atoms with E-state index in [1.54, 1.807) is 24.3 Å². The first-order valence-electron chi connectivity index (χ1n) is 11.3. The molecule has 0 fully saturated rings. The predicted molar refractivity (Wildman–Crippen MR) is 137 cm³/mol. The van der Waals surface area contributed by atoms with Gasteiger partial charge in [0, 0.05) is 47.3 Å². The molecule has 0 spiro atoms. The van der Waals surface area contributed by atoms with E-state index in [4.69, 9.17) is 26.4 Å². The van der Waals surface area contributed by atoms with Gasteiger partial charge in [0.15, 0.2) is 34.7 Å². The second-order valence-electron chi connectivity index (χ2n) is 8.33. The van der Waals surface area contributed by atoms with Crippen molar-refractivity contribution in [1.29, 1.82) is 0 Å². The highest BCUT2D eigenvalue weighted by Gasteiger charge is 2.18. The summed E-state index contributed by atoms with van der Waals surface area (Å²) in [6.45, 7) is 0. The highest BCUT2D eigenvalue weighted by atomic mass is 32.1. The zero-order chi connectivity index (χ0) is 27.4. The summed E-state index contributed by atoms with van der Waals surface area (Å²) < 4.78 is 72.4. The molecule has 1 aromatic heterocycles. The van der Waals surface area contributed by atoms with E-state index in [1.807, 2.05) is 0 Å². The second-order valence-corrected chi connectivity index (χ2v) is 8.91. The van der Waals surface area contributed by atoms with Crippen LogP contribution < -0.4 is 14.2 Å². The first kappa shape index (κ1) is 27.0. The van der Waals surface area contributed by atoms with Crippen molar-refractivity contribution in [3.63, 3.8) is 0 Å². The van der Waals surface area contributed by atoms with Crippen molar-refractivity contribution in [2.75, 3.05) is 14.2 Å². The third-order valence-corrected chi connectivity index (χ3v) is 6.02. The molecule has 0 saturated carbocycles. The van der Waals surface area contributed by atoms with Crippen molar-refractivity contribution >= 4 is 33.8 Å². The van der Waals surface area contributed by atoms with E-state index in [2.05, 4.69) is 4.98 Å². The van der Waals surface area contributed by atoms with Gasteiger partial charge in [-0.15, -0.1) is 0 Å². The smallest absolute Gasteiger partial charge is 0.166 e. The van der Waals surface area contributed by atoms with Crippen LogP contribution in [0.25, 0.3) is 10.9 Å². The topological polar surface area (TPSA) is 57.7 Å². The molecule has 0 bridgehead atoms. The summed E-state index contributed by atoms with van der Waals surface area (Å²) >= 11 is 5.23. The Kier molecular flexibility index (Phi) is 8.21. The number of carbonyl (C=O) groups excluding carboxylic acids is 1. The van der Waals surface area contributed by atoms with Crippen LogP contribution >= 0.6 is 12.2 Å². The van der Waals surface area contributed by atoms with E-state index in [0.29, 0.717) is 39.8 Å². The minimum absolute atomic E-state index is 0.0462. The van der Waals surface area contributed by atoms with Crippen molar-refractivity contribution in [1.82, 2.24) is 4.98 Å². The molecule has 3 aromatic carbocycles. The summed E-state index contributed by atoms with van der Waals surface area (Å²) in [7, 11) is 3.00. The van der Waals surface area contributed by atoms with Gasteiger partial charge in [-0.25, -0.2) is 17.6 Å². The van der Waals surface area contributed by atoms with Gasteiger partial charge in [-0.3, -0.25) is 9.78 Å². The highest BCUT2D eigenvalue weighted by molar-refractivity contribution is 7.80. The van der Waals surface area contributed by atoms with E-state index in [1.165, 1.54) is 32.5 Å². The van der Waals surface area contributed by atoms with Gasteiger partial charge in [0.1, 0.15) is 17.3 Å². The van der Waals surface area contributed by atoms with Crippen LogP contribution in [0.5, 0.6) is 23.0 Å². The summed E-state index contributed by atoms with van der Waals surface area (Å²) in [5, 5.41) is 0.583. The number of Topliss-reactive ketones (excluding diaryl/α,β-unsaturated/α-hetero) is 1. The average Bonchev–Trinajstić information content (AvgIpc) is 2.89. The molecule has 0 atom stereocenters. The third-order valence-electron chi connectivity index (χ3n) is 5.73. The molecule has 4 aromatic rings. The van der Waals surface area contributed by atoms with Crippen LogP contribution in [0.1, 0.15) is 17.5 Å². The van der Waals surface area contributed by atoms with Crippen LogP contribution in [0.2, 0.25) is 0 Å². The van der Waals surface area contributed by atoms with Crippen LogP contribution in [0.3, 0.4) is 0 Å². The number of hydrogen-bond donors (Lipinski definition) is 0. The van der Waals surface area contributed by atoms with E-state index in [0.717, 1.165) is 6.07 Å². The normalized spacial score (nSPS) is 10.9. The van der Waals surface area contributed by atoms with Crippen molar-refractivity contribution in [3.05, 3.63) is 89.1 Å². The maximum Gasteiger partial charge on any atom is 0.166 e. The zero-order valence-electron chi connectivity index (χ0n) is 20.3. The molecule has 0 amide bonds. The van der Waals surface area contributed by atoms with Crippen LogP contribution in [0.15, 0.2) is 54.7 Å². The molecule has 0 aliphatic heterocycles. The number of fused-ring (bicyclic) bond motifs is 1. The Bertz CT molecular complexity index is 1540. The first-order valence-corrected chi connectivity index (χ1v) is 11.7. The van der Waals surface area contributed by atoms with Crippen LogP contribution in [-0.4, -0.2) is 29.9 Å². The number of pyridine rings is 1. The molecular formula is C28H21F4NO4S. The van der Waals surface area contributed by atoms with Gasteiger partial charge in [0.25, 0.3) is 0 Å². The van der Waals surface area contributed by atoms with Gasteiger partial charge in [-0.05, 0) is 42.0 Å². The fourth-order valence-electron chi connectivity index (χ4n) is 3.89. The number of aromatic nitrogens is 1. The average molecular weight is 544 g/mol. The van der Waals surface area contributed by atoms with Gasteiger partial charge >= 0.3 is 0 Å². The van der Waals surface area contributed by atoms with Crippen molar-refractivity contribution in [2.24, 2.45) is 0 Å². The van der Waals surface area contributed by atoms with Crippen molar-refractivity contribution < 1.29 is 36.6 Å². The molecular weight excluding hydrogens is 522 g/mol. The number of carbonyl (C=O) groups is 1. The Hall–Kier alpha value is -4.05. The number of ketones is 1. The number of nitrogens with zero attached hydrogens (tertiary/aromatic N) is 1. The SMILES string of the molecule is COc1cc2nccc(Oc3ccc(CC(=S)CC(=O)Cc4c(F)ccc(F)c4F)cc3F)c2cc1OC. The highest BCUT2D eigenvalue weighted by Crippen LogP contribution is 2.37. The number of benzene rings is 3. The molecule has 0 saturated heterocycles. The molecule has 0 aliphatic rings. The lowest BCUT2D eigenvalue weighted by Crippen LogP contribution is -2.13. The summed E-state index contributed by atoms with van der Waals surface area (Å²) in [5.74, 6) is -3.66. The van der Waals surface area contributed by atoms with Gasteiger partial charge < -0.3 is 14.2 Å². The lowest BCUT2D eigenvalue weighted by molar-refractivity contribution is -0.117. The molecule has 10 heteroatoms. The number of methoxy groups -OCH3 is 2.